The maximum absolute atomic E-state index is 15.3. The highest BCUT2D eigenvalue weighted by Gasteiger charge is 2.38. The van der Waals surface area contributed by atoms with Crippen LogP contribution in [-0.2, 0) is 10.7 Å². The van der Waals surface area contributed by atoms with E-state index in [1.54, 1.807) is 44.2 Å². The Morgan fingerprint density at radius 2 is 1.74 bits per heavy atom. The lowest BCUT2D eigenvalue weighted by molar-refractivity contribution is -0.129. The largest absolute Gasteiger partial charge is 0.495 e. The van der Waals surface area contributed by atoms with Gasteiger partial charge in [-0.25, -0.2) is 0 Å². The highest BCUT2D eigenvalue weighted by atomic mass is 19.3. The molecule has 0 radical (unpaired) electrons. The van der Waals surface area contributed by atoms with Crippen molar-refractivity contribution in [3.63, 3.8) is 0 Å². The molecule has 0 aliphatic carbocycles. The number of likely N-dealkylation sites (N-methyl/N-ethyl adjacent to an activating group) is 2. The van der Waals surface area contributed by atoms with Crippen molar-refractivity contribution in [2.24, 2.45) is 0 Å². The van der Waals surface area contributed by atoms with Crippen LogP contribution in [0.2, 0.25) is 0 Å². The van der Waals surface area contributed by atoms with Gasteiger partial charge in [0.2, 0.25) is 5.91 Å². The Labute approximate surface area is 270 Å². The molecule has 47 heavy (non-hydrogen) atoms. The molecule has 3 aromatic carbocycles. The standard InChI is InChI=1S/C34H33F2N7O4/c1-40(2)30(44)21-41(3)19-27-20-42(26-13-11-25(12-14-26)34(35,36)24-8-6-5-7-9-24)33(46)31-28(18-38-43(27)31)39-32(45)22-10-15-29(47-4)23(16-22)17-37/h5-16,18,27H,19-21H2,1-4H3,(H,39,45). The number of carbonyl (C=O) groups excluding carboxylic acids is 3. The number of nitriles is 1. The molecule has 1 aliphatic heterocycles. The van der Waals surface area contributed by atoms with E-state index in [0.29, 0.717) is 18.0 Å². The van der Waals surface area contributed by atoms with Gasteiger partial charge < -0.3 is 19.9 Å². The zero-order valence-corrected chi connectivity index (χ0v) is 26.3. The number of rotatable bonds is 10. The number of fused-ring (bicyclic) bond motifs is 1. The summed E-state index contributed by atoms with van der Waals surface area (Å²) < 4.78 is 37.2. The molecule has 11 nitrogen and oxygen atoms in total. The Bertz CT molecular complexity index is 1840. The number of nitrogens with one attached hydrogen (secondary N) is 1. The predicted octanol–water partition coefficient (Wildman–Crippen LogP) is 4.38. The molecule has 3 amide bonds. The van der Waals surface area contributed by atoms with Crippen molar-refractivity contribution in [1.29, 1.82) is 5.26 Å². The Morgan fingerprint density at radius 3 is 2.38 bits per heavy atom. The number of hydrogen-bond donors (Lipinski definition) is 1. The first kappa shape index (κ1) is 32.8. The zero-order valence-electron chi connectivity index (χ0n) is 26.3. The minimum atomic E-state index is -3.25. The molecule has 1 atom stereocenters. The second-order valence-corrected chi connectivity index (χ2v) is 11.4. The van der Waals surface area contributed by atoms with Crippen molar-refractivity contribution in [1.82, 2.24) is 19.6 Å². The molecule has 5 rings (SSSR count). The highest BCUT2D eigenvalue weighted by Crippen LogP contribution is 2.37. The summed E-state index contributed by atoms with van der Waals surface area (Å²) in [6, 6.07) is 18.9. The van der Waals surface area contributed by atoms with E-state index in [2.05, 4.69) is 10.4 Å². The van der Waals surface area contributed by atoms with Gasteiger partial charge in [-0.05, 0) is 37.4 Å². The van der Waals surface area contributed by atoms with Crippen LogP contribution in [-0.4, -0.2) is 85.2 Å². The second-order valence-electron chi connectivity index (χ2n) is 11.4. The Balaban J connectivity index is 1.47. The lowest BCUT2D eigenvalue weighted by Crippen LogP contribution is -2.48. The van der Waals surface area contributed by atoms with Gasteiger partial charge in [-0.2, -0.15) is 19.1 Å². The summed E-state index contributed by atoms with van der Waals surface area (Å²) in [5.74, 6) is -4.14. The van der Waals surface area contributed by atoms with Crippen LogP contribution in [0.5, 0.6) is 5.75 Å². The van der Waals surface area contributed by atoms with E-state index in [-0.39, 0.29) is 52.6 Å². The van der Waals surface area contributed by atoms with Crippen LogP contribution in [0.3, 0.4) is 0 Å². The lowest BCUT2D eigenvalue weighted by atomic mass is 10.00. The smallest absolute Gasteiger partial charge is 0.298 e. The number of ether oxygens (including phenoxy) is 1. The lowest BCUT2D eigenvalue weighted by Gasteiger charge is -2.36. The number of carbonyl (C=O) groups is 3. The summed E-state index contributed by atoms with van der Waals surface area (Å²) in [6.07, 6.45) is 1.37. The SMILES string of the molecule is COc1ccc(C(=O)Nc2cnn3c2C(=O)N(c2ccc(C(F)(F)c4ccccc4)cc2)CC3CN(C)CC(=O)N(C)C)cc1C#N. The van der Waals surface area contributed by atoms with Crippen LogP contribution < -0.4 is 15.0 Å². The van der Waals surface area contributed by atoms with E-state index in [4.69, 9.17) is 4.74 Å². The Morgan fingerprint density at radius 1 is 1.06 bits per heavy atom. The van der Waals surface area contributed by atoms with Crippen LogP contribution in [0.15, 0.2) is 79.0 Å². The quantitative estimate of drug-likeness (QED) is 0.273. The molecule has 13 heteroatoms. The maximum Gasteiger partial charge on any atom is 0.298 e. The fraction of sp³-hybridized carbons (Fsp3) is 0.265. The first-order valence-corrected chi connectivity index (χ1v) is 14.7. The fourth-order valence-electron chi connectivity index (χ4n) is 5.39. The number of halogens is 2. The third-order valence-corrected chi connectivity index (χ3v) is 7.92. The topological polar surface area (TPSA) is 124 Å². The molecule has 242 valence electrons. The van der Waals surface area contributed by atoms with Crippen LogP contribution >= 0.6 is 0 Å². The summed E-state index contributed by atoms with van der Waals surface area (Å²) in [7, 11) is 6.50. The van der Waals surface area contributed by atoms with Gasteiger partial charge in [0.05, 0.1) is 43.7 Å². The van der Waals surface area contributed by atoms with E-state index in [9.17, 15) is 19.6 Å². The maximum atomic E-state index is 15.3. The van der Waals surface area contributed by atoms with Gasteiger partial charge >= 0.3 is 0 Å². The molecule has 1 aromatic heterocycles. The third kappa shape index (κ3) is 6.68. The van der Waals surface area contributed by atoms with Gasteiger partial charge in [0.1, 0.15) is 11.8 Å². The molecule has 1 N–H and O–H groups in total. The van der Waals surface area contributed by atoms with E-state index >= 15 is 8.78 Å². The summed E-state index contributed by atoms with van der Waals surface area (Å²) in [5.41, 5.74) is 0.521. The monoisotopic (exact) mass is 641 g/mol. The first-order chi connectivity index (χ1) is 22.4. The van der Waals surface area contributed by atoms with Crippen LogP contribution in [0, 0.1) is 11.3 Å². The molecule has 0 saturated carbocycles. The molecule has 0 saturated heterocycles. The minimum Gasteiger partial charge on any atom is -0.495 e. The van der Waals surface area contributed by atoms with Gasteiger partial charge in [0.15, 0.2) is 5.69 Å². The van der Waals surface area contributed by atoms with E-state index < -0.39 is 23.8 Å². The van der Waals surface area contributed by atoms with Crippen molar-refractivity contribution >= 4 is 29.1 Å². The zero-order chi connectivity index (χ0) is 33.9. The van der Waals surface area contributed by atoms with E-state index in [0.717, 1.165) is 0 Å². The number of anilines is 2. The summed E-state index contributed by atoms with van der Waals surface area (Å²) in [5, 5.41) is 16.6. The Hall–Kier alpha value is -5.61. The van der Waals surface area contributed by atoms with E-state index in [1.807, 2.05) is 6.07 Å². The average Bonchev–Trinajstić information content (AvgIpc) is 3.50. The third-order valence-electron chi connectivity index (χ3n) is 7.92. The normalized spacial score (nSPS) is 14.4. The van der Waals surface area contributed by atoms with Gasteiger partial charge in [0.25, 0.3) is 17.7 Å². The van der Waals surface area contributed by atoms with Crippen LogP contribution in [0.1, 0.15) is 43.6 Å². The predicted molar refractivity (Wildman–Crippen MR) is 171 cm³/mol. The molecular formula is C34H33F2N7O4. The number of benzene rings is 3. The number of aromatic nitrogens is 2. The molecule has 0 fully saturated rings. The molecular weight excluding hydrogens is 608 g/mol. The molecule has 1 aliphatic rings. The summed E-state index contributed by atoms with van der Waals surface area (Å²) in [6.45, 7) is 0.541. The molecule has 2 heterocycles. The van der Waals surface area contributed by atoms with Crippen molar-refractivity contribution in [2.75, 3.05) is 58.1 Å². The number of nitrogens with zero attached hydrogens (tertiary/aromatic N) is 6. The van der Waals surface area contributed by atoms with Gasteiger partial charge in [0, 0.05) is 43.0 Å². The van der Waals surface area contributed by atoms with Crippen LogP contribution in [0.25, 0.3) is 0 Å². The fourth-order valence-corrected chi connectivity index (χ4v) is 5.39. The molecule has 0 bridgehead atoms. The summed E-state index contributed by atoms with van der Waals surface area (Å²) >= 11 is 0. The molecule has 1 unspecified atom stereocenters. The Kier molecular flexibility index (Phi) is 9.34. The molecule has 4 aromatic rings. The molecule has 0 spiro atoms. The number of methoxy groups -OCH3 is 1. The number of alkyl halides is 2. The van der Waals surface area contributed by atoms with Gasteiger partial charge in [-0.1, -0.05) is 42.5 Å². The van der Waals surface area contributed by atoms with Crippen molar-refractivity contribution in [2.45, 2.75) is 12.0 Å². The second kappa shape index (κ2) is 13.4. The van der Waals surface area contributed by atoms with Crippen LogP contribution in [0.4, 0.5) is 20.2 Å². The van der Waals surface area contributed by atoms with E-state index in [1.165, 1.54) is 82.4 Å². The van der Waals surface area contributed by atoms with Crippen molar-refractivity contribution in [3.05, 3.63) is 107 Å². The highest BCUT2D eigenvalue weighted by molar-refractivity contribution is 6.13. The van der Waals surface area contributed by atoms with Crippen molar-refractivity contribution in [3.8, 4) is 11.8 Å². The summed E-state index contributed by atoms with van der Waals surface area (Å²) in [4.78, 5) is 44.4. The first-order valence-electron chi connectivity index (χ1n) is 14.7. The minimum absolute atomic E-state index is 0.0784. The van der Waals surface area contributed by atoms with Gasteiger partial charge in [-0.3, -0.25) is 24.0 Å². The van der Waals surface area contributed by atoms with Crippen molar-refractivity contribution < 1.29 is 27.9 Å². The average molecular weight is 642 g/mol. The van der Waals surface area contributed by atoms with Gasteiger partial charge in [-0.15, -0.1) is 0 Å². The number of hydrogen-bond acceptors (Lipinski definition) is 7. The number of amides is 3.